The molecule has 0 amide bonds. The Bertz CT molecular complexity index is 403. The van der Waals surface area contributed by atoms with Crippen molar-refractivity contribution < 1.29 is 9.47 Å². The van der Waals surface area contributed by atoms with Crippen molar-refractivity contribution in [2.45, 2.75) is 25.8 Å². The van der Waals surface area contributed by atoms with Crippen molar-refractivity contribution in [1.29, 1.82) is 0 Å². The van der Waals surface area contributed by atoms with E-state index in [9.17, 15) is 0 Å². The number of likely N-dealkylation sites (tertiary alicyclic amines) is 1. The highest BCUT2D eigenvalue weighted by atomic mass is 79.9. The van der Waals surface area contributed by atoms with E-state index in [0.717, 1.165) is 22.5 Å². The molecule has 0 aromatic heterocycles. The van der Waals surface area contributed by atoms with Gasteiger partial charge < -0.3 is 9.47 Å². The van der Waals surface area contributed by atoms with E-state index >= 15 is 0 Å². The molecular formula is C14H20BrNO2. The molecule has 1 fully saturated rings. The van der Waals surface area contributed by atoms with Crippen molar-refractivity contribution in [2.75, 3.05) is 27.3 Å². The predicted octanol–water partition coefficient (Wildman–Crippen LogP) is 3.45. The summed E-state index contributed by atoms with van der Waals surface area (Å²) < 4.78 is 11.7. The molecule has 0 radical (unpaired) electrons. The van der Waals surface area contributed by atoms with Crippen LogP contribution in [0.1, 0.15) is 24.8 Å². The van der Waals surface area contributed by atoms with Crippen molar-refractivity contribution in [3.05, 3.63) is 22.2 Å². The summed E-state index contributed by atoms with van der Waals surface area (Å²) in [6.45, 7) is 3.36. The average molecular weight is 314 g/mol. The smallest absolute Gasteiger partial charge is 0.161 e. The van der Waals surface area contributed by atoms with Gasteiger partial charge in [0.2, 0.25) is 0 Å². The number of halogens is 1. The van der Waals surface area contributed by atoms with Crippen LogP contribution in [0, 0.1) is 0 Å². The summed E-state index contributed by atoms with van der Waals surface area (Å²) in [4.78, 5) is 2.50. The number of nitrogens with zero attached hydrogens (tertiary/aromatic N) is 1. The van der Waals surface area contributed by atoms with E-state index < -0.39 is 0 Å². The summed E-state index contributed by atoms with van der Waals surface area (Å²) >= 11 is 3.62. The normalized spacial score (nSPS) is 16.6. The summed E-state index contributed by atoms with van der Waals surface area (Å²) in [6.07, 6.45) is 3.99. The van der Waals surface area contributed by atoms with Gasteiger partial charge in [0.05, 0.1) is 14.2 Å². The number of methoxy groups -OCH3 is 2. The van der Waals surface area contributed by atoms with Gasteiger partial charge in [-0.2, -0.15) is 0 Å². The van der Waals surface area contributed by atoms with Gasteiger partial charge in [0, 0.05) is 11.0 Å². The van der Waals surface area contributed by atoms with Crippen LogP contribution in [-0.2, 0) is 6.54 Å². The molecule has 1 heterocycles. The van der Waals surface area contributed by atoms with Gasteiger partial charge in [-0.05, 0) is 43.6 Å². The second-order valence-corrected chi connectivity index (χ2v) is 5.49. The maximum atomic E-state index is 5.36. The number of ether oxygens (including phenoxy) is 2. The molecule has 18 heavy (non-hydrogen) atoms. The SMILES string of the molecule is COc1cc(Br)c(CN2CCCCC2)cc1OC. The van der Waals surface area contributed by atoms with Crippen LogP contribution in [0.5, 0.6) is 11.5 Å². The lowest BCUT2D eigenvalue weighted by Crippen LogP contribution is -2.29. The Balaban J connectivity index is 2.16. The van der Waals surface area contributed by atoms with Crippen molar-refractivity contribution in [3.63, 3.8) is 0 Å². The first-order valence-corrected chi connectivity index (χ1v) is 7.16. The number of hydrogen-bond acceptors (Lipinski definition) is 3. The fourth-order valence-electron chi connectivity index (χ4n) is 2.38. The lowest BCUT2D eigenvalue weighted by molar-refractivity contribution is 0.220. The van der Waals surface area contributed by atoms with Crippen molar-refractivity contribution >= 4 is 15.9 Å². The van der Waals surface area contributed by atoms with Gasteiger partial charge in [0.15, 0.2) is 11.5 Å². The van der Waals surface area contributed by atoms with E-state index in [0.29, 0.717) is 0 Å². The Morgan fingerprint density at radius 3 is 2.28 bits per heavy atom. The molecule has 1 aromatic carbocycles. The second-order valence-electron chi connectivity index (χ2n) is 4.64. The topological polar surface area (TPSA) is 21.7 Å². The van der Waals surface area contributed by atoms with Crippen LogP contribution in [0.4, 0.5) is 0 Å². The van der Waals surface area contributed by atoms with Gasteiger partial charge in [-0.15, -0.1) is 0 Å². The zero-order valence-electron chi connectivity index (χ0n) is 11.0. The standard InChI is InChI=1S/C14H20BrNO2/c1-17-13-8-11(12(15)9-14(13)18-2)10-16-6-4-3-5-7-16/h8-9H,3-7,10H2,1-2H3. The summed E-state index contributed by atoms with van der Waals surface area (Å²) in [6, 6.07) is 4.05. The fourth-order valence-corrected chi connectivity index (χ4v) is 2.82. The van der Waals surface area contributed by atoms with E-state index in [1.165, 1.54) is 37.9 Å². The minimum atomic E-state index is 0.770. The molecule has 0 atom stereocenters. The highest BCUT2D eigenvalue weighted by Gasteiger charge is 2.14. The molecule has 2 rings (SSSR count). The maximum absolute atomic E-state index is 5.36. The van der Waals surface area contributed by atoms with Gasteiger partial charge in [-0.1, -0.05) is 22.4 Å². The van der Waals surface area contributed by atoms with Crippen molar-refractivity contribution in [1.82, 2.24) is 4.90 Å². The van der Waals surface area contributed by atoms with E-state index in [1.807, 2.05) is 6.07 Å². The van der Waals surface area contributed by atoms with Gasteiger partial charge in [0.25, 0.3) is 0 Å². The third-order valence-corrected chi connectivity index (χ3v) is 4.13. The zero-order valence-corrected chi connectivity index (χ0v) is 12.6. The predicted molar refractivity (Wildman–Crippen MR) is 76.4 cm³/mol. The van der Waals surface area contributed by atoms with Crippen LogP contribution in [-0.4, -0.2) is 32.2 Å². The first-order valence-electron chi connectivity index (χ1n) is 6.37. The molecule has 0 N–H and O–H groups in total. The largest absolute Gasteiger partial charge is 0.493 e. The molecule has 1 saturated heterocycles. The van der Waals surface area contributed by atoms with Gasteiger partial charge in [0.1, 0.15) is 0 Å². The molecule has 100 valence electrons. The van der Waals surface area contributed by atoms with E-state index in [2.05, 4.69) is 26.9 Å². The molecule has 3 nitrogen and oxygen atoms in total. The van der Waals surface area contributed by atoms with Crippen LogP contribution in [0.3, 0.4) is 0 Å². The Morgan fingerprint density at radius 2 is 1.67 bits per heavy atom. The Labute approximate surface area is 117 Å². The second kappa shape index (κ2) is 6.43. The van der Waals surface area contributed by atoms with Gasteiger partial charge in [-0.25, -0.2) is 0 Å². The lowest BCUT2D eigenvalue weighted by atomic mass is 10.1. The average Bonchev–Trinajstić information content (AvgIpc) is 2.41. The molecular weight excluding hydrogens is 294 g/mol. The molecule has 0 aliphatic carbocycles. The van der Waals surface area contributed by atoms with Crippen LogP contribution in [0.25, 0.3) is 0 Å². The molecule has 0 unspecified atom stereocenters. The fraction of sp³-hybridized carbons (Fsp3) is 0.571. The number of rotatable bonds is 4. The first-order chi connectivity index (χ1) is 8.74. The monoisotopic (exact) mass is 313 g/mol. The highest BCUT2D eigenvalue weighted by molar-refractivity contribution is 9.10. The lowest BCUT2D eigenvalue weighted by Gasteiger charge is -2.27. The summed E-state index contributed by atoms with van der Waals surface area (Å²) in [5, 5.41) is 0. The first kappa shape index (κ1) is 13.7. The van der Waals surface area contributed by atoms with Crippen LogP contribution in [0.15, 0.2) is 16.6 Å². The minimum absolute atomic E-state index is 0.770. The Kier molecular flexibility index (Phi) is 4.89. The Hall–Kier alpha value is -0.740. The summed E-state index contributed by atoms with van der Waals surface area (Å²) in [5.41, 5.74) is 1.26. The summed E-state index contributed by atoms with van der Waals surface area (Å²) in [7, 11) is 3.34. The van der Waals surface area contributed by atoms with Gasteiger partial charge in [-0.3, -0.25) is 4.90 Å². The number of hydrogen-bond donors (Lipinski definition) is 0. The molecule has 0 saturated carbocycles. The maximum Gasteiger partial charge on any atom is 0.161 e. The van der Waals surface area contributed by atoms with Gasteiger partial charge >= 0.3 is 0 Å². The minimum Gasteiger partial charge on any atom is -0.493 e. The van der Waals surface area contributed by atoms with Crippen LogP contribution in [0.2, 0.25) is 0 Å². The number of benzene rings is 1. The van der Waals surface area contributed by atoms with Crippen molar-refractivity contribution in [3.8, 4) is 11.5 Å². The molecule has 0 bridgehead atoms. The number of piperidine rings is 1. The van der Waals surface area contributed by atoms with E-state index in [4.69, 9.17) is 9.47 Å². The third kappa shape index (κ3) is 3.18. The molecule has 4 heteroatoms. The molecule has 0 spiro atoms. The van der Waals surface area contributed by atoms with Crippen LogP contribution >= 0.6 is 15.9 Å². The molecule has 1 aromatic rings. The highest BCUT2D eigenvalue weighted by Crippen LogP contribution is 2.34. The summed E-state index contributed by atoms with van der Waals surface area (Å²) in [5.74, 6) is 1.57. The third-order valence-electron chi connectivity index (χ3n) is 3.40. The molecule has 1 aliphatic rings. The van der Waals surface area contributed by atoms with E-state index in [-0.39, 0.29) is 0 Å². The van der Waals surface area contributed by atoms with Crippen molar-refractivity contribution in [2.24, 2.45) is 0 Å². The zero-order chi connectivity index (χ0) is 13.0. The quantitative estimate of drug-likeness (QED) is 0.849. The van der Waals surface area contributed by atoms with E-state index in [1.54, 1.807) is 14.2 Å². The van der Waals surface area contributed by atoms with Crippen LogP contribution < -0.4 is 9.47 Å². The molecule has 1 aliphatic heterocycles. The Morgan fingerprint density at radius 1 is 1.06 bits per heavy atom.